The molecular weight excluding hydrogens is 284 g/mol. The van der Waals surface area contributed by atoms with E-state index >= 15 is 0 Å². The first kappa shape index (κ1) is 13.9. The van der Waals surface area contributed by atoms with Crippen LogP contribution in [0.1, 0.15) is 25.3 Å². The van der Waals surface area contributed by atoms with Gasteiger partial charge < -0.3 is 10.2 Å². The van der Waals surface area contributed by atoms with E-state index in [9.17, 15) is 10.2 Å². The van der Waals surface area contributed by atoms with E-state index in [1.54, 1.807) is 6.07 Å². The van der Waals surface area contributed by atoms with Gasteiger partial charge in [-0.25, -0.2) is 0 Å². The standard InChI is InChI=1S/C21H18O2/c1-12(2)20-17-10-9-15-14-6-4-3-5-13(14)7-8-16(15)18(17)11-19(22)21(20)23/h3-12,22-23H,1-2H3. The zero-order valence-corrected chi connectivity index (χ0v) is 13.2. The smallest absolute Gasteiger partial charge is 0.161 e. The lowest BCUT2D eigenvalue weighted by atomic mass is 9.90. The van der Waals surface area contributed by atoms with E-state index in [4.69, 9.17) is 0 Å². The second kappa shape index (κ2) is 4.88. The van der Waals surface area contributed by atoms with Gasteiger partial charge in [0.15, 0.2) is 11.5 Å². The number of aromatic hydroxyl groups is 2. The quantitative estimate of drug-likeness (QED) is 0.351. The average Bonchev–Trinajstić information content (AvgIpc) is 2.55. The van der Waals surface area contributed by atoms with Crippen LogP contribution in [0, 0.1) is 0 Å². The van der Waals surface area contributed by atoms with Crippen molar-refractivity contribution in [2.75, 3.05) is 0 Å². The first-order valence-corrected chi connectivity index (χ1v) is 7.87. The molecule has 0 amide bonds. The van der Waals surface area contributed by atoms with Crippen molar-refractivity contribution >= 4 is 32.3 Å². The van der Waals surface area contributed by atoms with Gasteiger partial charge in [-0.1, -0.05) is 62.4 Å². The maximum atomic E-state index is 10.3. The summed E-state index contributed by atoms with van der Waals surface area (Å²) >= 11 is 0. The van der Waals surface area contributed by atoms with Crippen LogP contribution >= 0.6 is 0 Å². The van der Waals surface area contributed by atoms with Gasteiger partial charge in [0.2, 0.25) is 0 Å². The van der Waals surface area contributed by atoms with Crippen molar-refractivity contribution in [2.45, 2.75) is 19.8 Å². The lowest BCUT2D eigenvalue weighted by molar-refractivity contribution is 0.399. The molecule has 0 atom stereocenters. The zero-order valence-electron chi connectivity index (χ0n) is 13.2. The zero-order chi connectivity index (χ0) is 16.1. The molecule has 0 saturated carbocycles. The normalized spacial score (nSPS) is 11.8. The van der Waals surface area contributed by atoms with Gasteiger partial charge in [0.25, 0.3) is 0 Å². The minimum absolute atomic E-state index is 0.00682. The summed E-state index contributed by atoms with van der Waals surface area (Å²) in [6.07, 6.45) is 0. The SMILES string of the molecule is CC(C)c1c(O)c(O)cc2c1ccc1c3ccccc3ccc21. The number of rotatable bonds is 1. The van der Waals surface area contributed by atoms with Crippen molar-refractivity contribution in [3.63, 3.8) is 0 Å². The van der Waals surface area contributed by atoms with Crippen LogP contribution in [0.25, 0.3) is 32.3 Å². The third kappa shape index (κ3) is 1.95. The highest BCUT2D eigenvalue weighted by Crippen LogP contribution is 2.43. The molecule has 0 bridgehead atoms. The number of fused-ring (bicyclic) bond motifs is 5. The molecule has 0 saturated heterocycles. The van der Waals surface area contributed by atoms with Gasteiger partial charge in [-0.3, -0.25) is 0 Å². The Balaban J connectivity index is 2.24. The van der Waals surface area contributed by atoms with Crippen molar-refractivity contribution in [3.05, 3.63) is 60.2 Å². The molecule has 4 aromatic rings. The molecule has 114 valence electrons. The molecule has 2 N–H and O–H groups in total. The number of hydrogen-bond acceptors (Lipinski definition) is 2. The maximum absolute atomic E-state index is 10.3. The van der Waals surface area contributed by atoms with Gasteiger partial charge in [0, 0.05) is 5.56 Å². The Morgan fingerprint density at radius 3 is 2.13 bits per heavy atom. The molecule has 0 unspecified atom stereocenters. The first-order chi connectivity index (χ1) is 11.1. The van der Waals surface area contributed by atoms with Crippen molar-refractivity contribution in [1.29, 1.82) is 0 Å². The second-order valence-corrected chi connectivity index (χ2v) is 6.36. The number of benzene rings is 4. The van der Waals surface area contributed by atoms with E-state index in [-0.39, 0.29) is 17.4 Å². The summed E-state index contributed by atoms with van der Waals surface area (Å²) in [6.45, 7) is 4.05. The van der Waals surface area contributed by atoms with Crippen LogP contribution in [-0.2, 0) is 0 Å². The van der Waals surface area contributed by atoms with Crippen molar-refractivity contribution < 1.29 is 10.2 Å². The molecule has 0 radical (unpaired) electrons. The Bertz CT molecular complexity index is 1060. The van der Waals surface area contributed by atoms with Crippen molar-refractivity contribution in [1.82, 2.24) is 0 Å². The molecule has 0 spiro atoms. The molecule has 2 nitrogen and oxygen atoms in total. The monoisotopic (exact) mass is 302 g/mol. The van der Waals surface area contributed by atoms with Gasteiger partial charge in [-0.05, 0) is 44.3 Å². The van der Waals surface area contributed by atoms with Gasteiger partial charge in [-0.2, -0.15) is 0 Å². The third-order valence-corrected chi connectivity index (χ3v) is 4.61. The molecule has 0 fully saturated rings. The molecule has 0 aliphatic heterocycles. The molecule has 0 aliphatic rings. The highest BCUT2D eigenvalue weighted by molar-refractivity contribution is 6.18. The predicted molar refractivity (Wildman–Crippen MR) is 96.4 cm³/mol. The number of hydrogen-bond donors (Lipinski definition) is 2. The lowest BCUT2D eigenvalue weighted by Gasteiger charge is -2.16. The van der Waals surface area contributed by atoms with E-state index in [1.807, 2.05) is 26.0 Å². The Morgan fingerprint density at radius 2 is 1.35 bits per heavy atom. The second-order valence-electron chi connectivity index (χ2n) is 6.36. The minimum atomic E-state index is -0.0538. The fraction of sp³-hybridized carbons (Fsp3) is 0.143. The van der Waals surface area contributed by atoms with Gasteiger partial charge in [-0.15, -0.1) is 0 Å². The van der Waals surface area contributed by atoms with Gasteiger partial charge >= 0.3 is 0 Å². The van der Waals surface area contributed by atoms with Crippen molar-refractivity contribution in [2.24, 2.45) is 0 Å². The van der Waals surface area contributed by atoms with Crippen LogP contribution in [0.4, 0.5) is 0 Å². The maximum Gasteiger partial charge on any atom is 0.161 e. The summed E-state index contributed by atoms with van der Waals surface area (Å²) < 4.78 is 0. The molecule has 0 aliphatic carbocycles. The van der Waals surface area contributed by atoms with E-state index in [0.717, 1.165) is 27.1 Å². The molecule has 0 aromatic heterocycles. The van der Waals surface area contributed by atoms with Crippen LogP contribution in [0.15, 0.2) is 54.6 Å². The summed E-state index contributed by atoms with van der Waals surface area (Å²) in [5.41, 5.74) is 0.801. The highest BCUT2D eigenvalue weighted by Gasteiger charge is 2.17. The Labute approximate surface area is 134 Å². The van der Waals surface area contributed by atoms with Crippen LogP contribution in [0.3, 0.4) is 0 Å². The van der Waals surface area contributed by atoms with E-state index < -0.39 is 0 Å². The van der Waals surface area contributed by atoms with Gasteiger partial charge in [0.1, 0.15) is 0 Å². The van der Waals surface area contributed by atoms with E-state index in [1.165, 1.54) is 10.8 Å². The molecule has 23 heavy (non-hydrogen) atoms. The molecule has 4 aromatic carbocycles. The highest BCUT2D eigenvalue weighted by atomic mass is 16.3. The first-order valence-electron chi connectivity index (χ1n) is 7.87. The summed E-state index contributed by atoms with van der Waals surface area (Å²) in [7, 11) is 0. The lowest BCUT2D eigenvalue weighted by Crippen LogP contribution is -1.92. The predicted octanol–water partition coefficient (Wildman–Crippen LogP) is 5.68. The fourth-order valence-corrected chi connectivity index (χ4v) is 3.56. The van der Waals surface area contributed by atoms with Crippen LogP contribution in [0.5, 0.6) is 11.5 Å². The minimum Gasteiger partial charge on any atom is -0.504 e. The fourth-order valence-electron chi connectivity index (χ4n) is 3.56. The van der Waals surface area contributed by atoms with E-state index in [2.05, 4.69) is 36.4 Å². The topological polar surface area (TPSA) is 40.5 Å². The van der Waals surface area contributed by atoms with Crippen LogP contribution in [-0.4, -0.2) is 10.2 Å². The summed E-state index contributed by atoms with van der Waals surface area (Å²) in [5.74, 6) is 0.0667. The van der Waals surface area contributed by atoms with E-state index in [0.29, 0.717) is 0 Å². The Kier molecular flexibility index (Phi) is 2.95. The molecule has 0 heterocycles. The van der Waals surface area contributed by atoms with Crippen molar-refractivity contribution in [3.8, 4) is 11.5 Å². The molecular formula is C21H18O2. The number of phenols is 2. The average molecular weight is 302 g/mol. The van der Waals surface area contributed by atoms with Crippen LogP contribution in [0.2, 0.25) is 0 Å². The Hall–Kier alpha value is -2.74. The summed E-state index contributed by atoms with van der Waals surface area (Å²) in [4.78, 5) is 0. The summed E-state index contributed by atoms with van der Waals surface area (Å²) in [5, 5.41) is 27.1. The van der Waals surface area contributed by atoms with Gasteiger partial charge in [0.05, 0.1) is 0 Å². The Morgan fingerprint density at radius 1 is 0.696 bits per heavy atom. The van der Waals surface area contributed by atoms with Crippen LogP contribution < -0.4 is 0 Å². The third-order valence-electron chi connectivity index (χ3n) is 4.61. The largest absolute Gasteiger partial charge is 0.504 e. The molecule has 4 rings (SSSR count). The number of phenolic OH excluding ortho intramolecular Hbond substituents is 2. The molecule has 2 heteroatoms. The summed E-state index contributed by atoms with van der Waals surface area (Å²) in [6, 6.07) is 18.3.